The van der Waals surface area contributed by atoms with Crippen LogP contribution in [0.25, 0.3) is 0 Å². The molecule has 1 aliphatic heterocycles. The van der Waals surface area contributed by atoms with Crippen LogP contribution in [0.3, 0.4) is 0 Å². The third kappa shape index (κ3) is 7.10. The van der Waals surface area contributed by atoms with E-state index in [1.165, 1.54) is 4.90 Å². The number of aliphatic carboxylic acids is 2. The Morgan fingerprint density at radius 1 is 1.06 bits per heavy atom. The minimum Gasteiger partial charge on any atom is -0.545 e. The number of carboxylic acids is 2. The molecule has 0 radical (unpaired) electrons. The van der Waals surface area contributed by atoms with Gasteiger partial charge in [-0.05, 0) is 50.4 Å². The number of anilines is 2. The maximum Gasteiger partial charge on any atom is 0.271 e. The van der Waals surface area contributed by atoms with E-state index in [2.05, 4.69) is 43.0 Å². The van der Waals surface area contributed by atoms with E-state index in [0.29, 0.717) is 18.1 Å². The van der Waals surface area contributed by atoms with Crippen molar-refractivity contribution >= 4 is 40.8 Å². The summed E-state index contributed by atoms with van der Waals surface area (Å²) in [6, 6.07) is 13.4. The van der Waals surface area contributed by atoms with Gasteiger partial charge in [0.15, 0.2) is 0 Å². The van der Waals surface area contributed by atoms with E-state index >= 15 is 0 Å². The summed E-state index contributed by atoms with van der Waals surface area (Å²) in [6.45, 7) is 4.00. The molecule has 3 rings (SSSR count). The van der Waals surface area contributed by atoms with Gasteiger partial charge in [-0.1, -0.05) is 30.8 Å². The highest BCUT2D eigenvalue weighted by Gasteiger charge is 2.26. The second-order valence-electron chi connectivity index (χ2n) is 7.43. The Morgan fingerprint density at radius 3 is 2.22 bits per heavy atom. The molecule has 0 aliphatic carbocycles. The molecule has 1 atom stereocenters. The number of fused-ring (bicyclic) bond motifs is 2. The largest absolute Gasteiger partial charge is 0.545 e. The molecule has 32 heavy (non-hydrogen) atoms. The number of para-hydroxylation sites is 1. The Hall–Kier alpha value is -3.37. The van der Waals surface area contributed by atoms with Crippen molar-refractivity contribution in [1.29, 1.82) is 0 Å². The summed E-state index contributed by atoms with van der Waals surface area (Å²) >= 11 is 1.67. The molecule has 1 unspecified atom stereocenters. The number of carbonyl (C=O) groups is 2. The fraction of sp³-hybridized carbons (Fsp3) is 0.273. The van der Waals surface area contributed by atoms with E-state index in [9.17, 15) is 29.9 Å². The predicted molar refractivity (Wildman–Crippen MR) is 118 cm³/mol. The first-order valence-electron chi connectivity index (χ1n) is 9.66. The van der Waals surface area contributed by atoms with Gasteiger partial charge < -0.3 is 29.6 Å². The van der Waals surface area contributed by atoms with Gasteiger partial charge in [-0.3, -0.25) is 10.1 Å². The van der Waals surface area contributed by atoms with Crippen LogP contribution in [0.5, 0.6) is 0 Å². The number of hydrogen-bond acceptors (Lipinski definition) is 9. The van der Waals surface area contributed by atoms with Crippen LogP contribution in [0.2, 0.25) is 0 Å². The van der Waals surface area contributed by atoms with Crippen LogP contribution in [0, 0.1) is 16.0 Å². The summed E-state index contributed by atoms with van der Waals surface area (Å²) in [5, 5.41) is 30.0. The third-order valence-corrected chi connectivity index (χ3v) is 5.48. The number of carbonyl (C=O) groups excluding carboxylic acids is 2. The molecule has 0 saturated heterocycles. The molecule has 2 aromatic carbocycles. The normalized spacial score (nSPS) is 13.1. The maximum atomic E-state index is 11.2. The molecule has 0 aromatic heterocycles. The van der Waals surface area contributed by atoms with E-state index in [1.54, 1.807) is 23.9 Å². The molecular formula is C22H23N3O6S-2. The van der Waals surface area contributed by atoms with Crippen LogP contribution in [0.4, 0.5) is 17.1 Å². The number of nitrogens with zero attached hydrogens (tertiary/aromatic N) is 3. The molecule has 0 saturated carbocycles. The van der Waals surface area contributed by atoms with Crippen molar-refractivity contribution in [2.75, 3.05) is 32.1 Å². The van der Waals surface area contributed by atoms with E-state index < -0.39 is 11.9 Å². The van der Waals surface area contributed by atoms with Gasteiger partial charge >= 0.3 is 0 Å². The van der Waals surface area contributed by atoms with Crippen molar-refractivity contribution in [1.82, 2.24) is 4.90 Å². The number of hydrogen-bond donors (Lipinski definition) is 0. The average molecular weight is 458 g/mol. The summed E-state index contributed by atoms with van der Waals surface area (Å²) in [7, 11) is 4.13. The molecule has 0 amide bonds. The van der Waals surface area contributed by atoms with Crippen LogP contribution in [0.1, 0.15) is 6.92 Å². The molecule has 1 heterocycles. The number of nitro groups is 1. The first kappa shape index (κ1) is 24.9. The summed E-state index contributed by atoms with van der Waals surface area (Å²) in [5.74, 6) is -2.66. The average Bonchev–Trinajstić information content (AvgIpc) is 2.71. The molecule has 0 bridgehead atoms. The summed E-state index contributed by atoms with van der Waals surface area (Å²) in [4.78, 5) is 36.3. The van der Waals surface area contributed by atoms with Crippen LogP contribution in [-0.2, 0) is 9.59 Å². The van der Waals surface area contributed by atoms with Crippen LogP contribution in [-0.4, -0.2) is 48.9 Å². The number of rotatable bonds is 7. The van der Waals surface area contributed by atoms with Crippen molar-refractivity contribution < 1.29 is 24.7 Å². The standard InChI is InChI=1S/C18H21N3O2S.C4H4O4/c1-13(11-19(2)3)12-20-15-6-4-5-7-17(15)24-18-9-8-14(21(22)23)10-16(18)20;5-3(6)1-2-4(7)8/h4-10,13H,11-12H2,1-3H3;1-2H,(H,5,6)(H,7,8)/p-2/b;2-1-. The molecule has 9 nitrogen and oxygen atoms in total. The highest BCUT2D eigenvalue weighted by molar-refractivity contribution is 7.99. The minimum atomic E-state index is -1.55. The molecule has 0 fully saturated rings. The Morgan fingerprint density at radius 2 is 1.66 bits per heavy atom. The fourth-order valence-corrected chi connectivity index (χ4v) is 4.33. The van der Waals surface area contributed by atoms with Gasteiger partial charge in [0.2, 0.25) is 0 Å². The molecule has 0 spiro atoms. The van der Waals surface area contributed by atoms with Crippen molar-refractivity contribution in [3.63, 3.8) is 0 Å². The smallest absolute Gasteiger partial charge is 0.271 e. The van der Waals surface area contributed by atoms with Crippen molar-refractivity contribution in [3.8, 4) is 0 Å². The van der Waals surface area contributed by atoms with Crippen LogP contribution in [0.15, 0.2) is 64.4 Å². The van der Waals surface area contributed by atoms with Gasteiger partial charge in [0.1, 0.15) is 0 Å². The minimum absolute atomic E-state index is 0.138. The number of carboxylic acid groups (broad SMARTS) is 2. The maximum absolute atomic E-state index is 11.2. The second kappa shape index (κ2) is 11.3. The topological polar surface area (TPSA) is 130 Å². The monoisotopic (exact) mass is 457 g/mol. The highest BCUT2D eigenvalue weighted by Crippen LogP contribution is 2.49. The Bertz CT molecular complexity index is 1010. The summed E-state index contributed by atoms with van der Waals surface area (Å²) in [5.41, 5.74) is 2.19. The zero-order valence-electron chi connectivity index (χ0n) is 17.9. The highest BCUT2D eigenvalue weighted by atomic mass is 32.2. The van der Waals surface area contributed by atoms with Gasteiger partial charge in [-0.15, -0.1) is 0 Å². The Labute approximate surface area is 190 Å². The lowest BCUT2D eigenvalue weighted by Crippen LogP contribution is -2.31. The molecule has 170 valence electrons. The molecule has 0 N–H and O–H groups in total. The van der Waals surface area contributed by atoms with E-state index in [0.717, 1.165) is 29.4 Å². The van der Waals surface area contributed by atoms with Crippen LogP contribution >= 0.6 is 11.8 Å². The quantitative estimate of drug-likeness (QED) is 0.344. The zero-order chi connectivity index (χ0) is 23.8. The lowest BCUT2D eigenvalue weighted by Gasteiger charge is -2.35. The van der Waals surface area contributed by atoms with Crippen molar-refractivity contribution in [3.05, 3.63) is 64.7 Å². The summed E-state index contributed by atoms with van der Waals surface area (Å²) in [6.07, 6.45) is 0.769. The van der Waals surface area contributed by atoms with Gasteiger partial charge in [0.05, 0.1) is 28.2 Å². The van der Waals surface area contributed by atoms with Gasteiger partial charge in [-0.25, -0.2) is 0 Å². The van der Waals surface area contributed by atoms with Gasteiger partial charge in [0.25, 0.3) is 5.69 Å². The van der Waals surface area contributed by atoms with Crippen LogP contribution < -0.4 is 15.1 Å². The number of non-ortho nitro benzene ring substituents is 1. The fourth-order valence-electron chi connectivity index (χ4n) is 3.26. The number of benzene rings is 2. The van der Waals surface area contributed by atoms with Gasteiger partial charge in [-0.2, -0.15) is 0 Å². The van der Waals surface area contributed by atoms with Crippen molar-refractivity contribution in [2.24, 2.45) is 5.92 Å². The first-order valence-corrected chi connectivity index (χ1v) is 10.5. The SMILES string of the molecule is CC(CN(C)C)CN1c2ccccc2Sc2ccc([N+](=O)[O-])cc21.O=C([O-])/C=C\C(=O)[O-]. The predicted octanol–water partition coefficient (Wildman–Crippen LogP) is 1.44. The molecule has 10 heteroatoms. The van der Waals surface area contributed by atoms with Crippen molar-refractivity contribution in [2.45, 2.75) is 16.7 Å². The molecule has 1 aliphatic rings. The molecule has 2 aromatic rings. The van der Waals surface area contributed by atoms with E-state index in [1.807, 2.05) is 18.2 Å². The molecular weight excluding hydrogens is 434 g/mol. The lowest BCUT2D eigenvalue weighted by atomic mass is 10.1. The van der Waals surface area contributed by atoms with E-state index in [4.69, 9.17) is 0 Å². The van der Waals surface area contributed by atoms with Gasteiger partial charge in [0, 0.05) is 35.0 Å². The third-order valence-electron chi connectivity index (χ3n) is 4.35. The Kier molecular flexibility index (Phi) is 8.80. The first-order chi connectivity index (χ1) is 15.1. The summed E-state index contributed by atoms with van der Waals surface area (Å²) < 4.78 is 0. The zero-order valence-corrected chi connectivity index (χ0v) is 18.7. The lowest BCUT2D eigenvalue weighted by molar-refractivity contribution is -0.384. The second-order valence-corrected chi connectivity index (χ2v) is 8.51. The number of nitro benzene ring substituents is 1. The van der Waals surface area contributed by atoms with E-state index in [-0.39, 0.29) is 10.6 Å². The Balaban J connectivity index is 0.000000390.